The Morgan fingerprint density at radius 2 is 1.69 bits per heavy atom. The molecule has 12 heteroatoms. The van der Waals surface area contributed by atoms with Crippen molar-refractivity contribution in [1.29, 1.82) is 5.41 Å². The minimum atomic E-state index is -0.445. The summed E-state index contributed by atoms with van der Waals surface area (Å²) in [5.74, 6) is 1.61. The summed E-state index contributed by atoms with van der Waals surface area (Å²) in [5, 5.41) is 21.5. The van der Waals surface area contributed by atoms with Gasteiger partial charge in [0.05, 0.1) is 24.5 Å². The number of hydrogen-bond acceptors (Lipinski definition) is 10. The zero-order chi connectivity index (χ0) is 29.7. The maximum Gasteiger partial charge on any atom is 0.324 e. The van der Waals surface area contributed by atoms with Crippen LogP contribution in [0.15, 0.2) is 65.4 Å². The second-order valence-corrected chi connectivity index (χ2v) is 11.1. The van der Waals surface area contributed by atoms with E-state index in [1.165, 1.54) is 11.9 Å². The highest BCUT2D eigenvalue weighted by Gasteiger charge is 2.21. The molecule has 0 aliphatic carbocycles. The number of hydrogen-bond donors (Lipinski definition) is 5. The number of urea groups is 1. The first-order valence-electron chi connectivity index (χ1n) is 13.7. The van der Waals surface area contributed by atoms with Crippen molar-refractivity contribution in [3.05, 3.63) is 83.4 Å². The largest absolute Gasteiger partial charge is 0.383 e. The molecule has 218 valence electrons. The van der Waals surface area contributed by atoms with Crippen LogP contribution in [0.1, 0.15) is 43.2 Å². The minimum Gasteiger partial charge on any atom is -0.383 e. The first-order valence-corrected chi connectivity index (χ1v) is 13.7. The van der Waals surface area contributed by atoms with Crippen LogP contribution >= 0.6 is 0 Å². The average molecular weight is 570 g/mol. The molecule has 2 aromatic carbocycles. The fourth-order valence-electron chi connectivity index (χ4n) is 4.42. The van der Waals surface area contributed by atoms with Gasteiger partial charge in [-0.25, -0.2) is 14.8 Å². The highest BCUT2D eigenvalue weighted by atomic mass is 16.5. The van der Waals surface area contributed by atoms with E-state index < -0.39 is 6.03 Å². The maximum atomic E-state index is 12.4. The Labute approximate surface area is 244 Å². The van der Waals surface area contributed by atoms with Gasteiger partial charge in [-0.05, 0) is 29.8 Å². The molecule has 1 saturated heterocycles. The summed E-state index contributed by atoms with van der Waals surface area (Å²) in [7, 11) is 0. The number of nitrogens with two attached hydrogens (primary N) is 1. The number of morpholine rings is 1. The molecule has 3 heterocycles. The first kappa shape index (κ1) is 28.7. The molecule has 1 aliphatic heterocycles. The molecule has 0 bridgehead atoms. The van der Waals surface area contributed by atoms with Crippen LogP contribution < -0.4 is 21.7 Å². The fourth-order valence-corrected chi connectivity index (χ4v) is 4.42. The molecule has 0 unspecified atom stereocenters. The quantitative estimate of drug-likeness (QED) is 0.184. The van der Waals surface area contributed by atoms with Crippen molar-refractivity contribution in [2.75, 3.05) is 48.0 Å². The molecule has 0 atom stereocenters. The number of nitrogen functional groups attached to an aromatic ring is 1. The zero-order valence-corrected chi connectivity index (χ0v) is 23.9. The van der Waals surface area contributed by atoms with E-state index in [4.69, 9.17) is 20.4 Å². The van der Waals surface area contributed by atoms with E-state index in [0.29, 0.717) is 39.9 Å². The van der Waals surface area contributed by atoms with E-state index in [0.717, 1.165) is 32.8 Å². The normalized spacial score (nSPS) is 13.9. The van der Waals surface area contributed by atoms with Gasteiger partial charge in [-0.2, -0.15) is 0 Å². The summed E-state index contributed by atoms with van der Waals surface area (Å²) < 4.78 is 10.7. The summed E-state index contributed by atoms with van der Waals surface area (Å²) >= 11 is 0. The summed E-state index contributed by atoms with van der Waals surface area (Å²) in [4.78, 5) is 23.3. The molecule has 2 amide bonds. The Bertz CT molecular complexity index is 1540. The van der Waals surface area contributed by atoms with Crippen LogP contribution in [0.5, 0.6) is 0 Å². The van der Waals surface area contributed by atoms with Crippen LogP contribution in [0.3, 0.4) is 0 Å². The number of nitrogens with one attached hydrogen (secondary N) is 4. The molecule has 1 aliphatic rings. The van der Waals surface area contributed by atoms with Crippen molar-refractivity contribution in [1.82, 2.24) is 20.0 Å². The maximum absolute atomic E-state index is 12.4. The van der Waals surface area contributed by atoms with Crippen molar-refractivity contribution < 1.29 is 14.1 Å². The van der Waals surface area contributed by atoms with Crippen LogP contribution in [0, 0.1) is 5.41 Å². The number of nitrogens with zero attached hydrogens (tertiary/aromatic N) is 4. The third kappa shape index (κ3) is 7.09. The van der Waals surface area contributed by atoms with E-state index >= 15 is 0 Å². The van der Waals surface area contributed by atoms with Gasteiger partial charge in [0.2, 0.25) is 0 Å². The Hall–Kier alpha value is -4.81. The van der Waals surface area contributed by atoms with Crippen molar-refractivity contribution in [2.24, 2.45) is 0 Å². The third-order valence-electron chi connectivity index (χ3n) is 6.78. The Morgan fingerprint density at radius 3 is 2.36 bits per heavy atom. The van der Waals surface area contributed by atoms with E-state index in [2.05, 4.69) is 36.0 Å². The first-order chi connectivity index (χ1) is 20.2. The SMILES string of the molecule is CC(C)(C)c1cc(NC(=O)Nc2ccc(Nc3ncnc(N)c3C(=N)c3ccc(CN4CCOCC4)cc3)cc2)no1. The lowest BCUT2D eigenvalue weighted by Gasteiger charge is -2.26. The molecule has 2 aromatic heterocycles. The standard InChI is InChI=1S/C30H35N9O3/c1-30(2,3)23-16-24(38-42-23)37-29(40)36-22-10-8-21(9-11-22)35-28-25(27(32)33-18-34-28)26(31)20-6-4-19(5-7-20)17-39-12-14-41-15-13-39/h4-11,16,18,31H,12-15,17H2,1-3H3,(H3,32,33,34,35)(H2,36,37,38,40). The van der Waals surface area contributed by atoms with E-state index in [9.17, 15) is 4.79 Å². The van der Waals surface area contributed by atoms with Gasteiger partial charge in [-0.15, -0.1) is 0 Å². The molecule has 0 radical (unpaired) electrons. The highest BCUT2D eigenvalue weighted by Crippen LogP contribution is 2.27. The lowest BCUT2D eigenvalue weighted by atomic mass is 9.93. The highest BCUT2D eigenvalue weighted by molar-refractivity contribution is 6.16. The van der Waals surface area contributed by atoms with Crippen LogP contribution in [-0.4, -0.2) is 58.1 Å². The Morgan fingerprint density at radius 1 is 1.00 bits per heavy atom. The van der Waals surface area contributed by atoms with Crippen LogP contribution in [0.4, 0.5) is 33.6 Å². The second-order valence-electron chi connectivity index (χ2n) is 11.1. The molecule has 42 heavy (non-hydrogen) atoms. The van der Waals surface area contributed by atoms with Crippen molar-refractivity contribution in [3.8, 4) is 0 Å². The van der Waals surface area contributed by atoms with Gasteiger partial charge in [0.1, 0.15) is 23.7 Å². The number of carbonyl (C=O) groups is 1. The molecule has 0 saturated carbocycles. The second kappa shape index (κ2) is 12.4. The predicted molar refractivity (Wildman–Crippen MR) is 162 cm³/mol. The monoisotopic (exact) mass is 569 g/mol. The third-order valence-corrected chi connectivity index (χ3v) is 6.78. The van der Waals surface area contributed by atoms with Gasteiger partial charge in [0, 0.05) is 48.1 Å². The van der Waals surface area contributed by atoms with Crippen molar-refractivity contribution in [3.63, 3.8) is 0 Å². The molecular weight excluding hydrogens is 534 g/mol. The zero-order valence-electron chi connectivity index (χ0n) is 23.9. The lowest BCUT2D eigenvalue weighted by molar-refractivity contribution is 0.0342. The van der Waals surface area contributed by atoms with Gasteiger partial charge >= 0.3 is 6.03 Å². The predicted octanol–water partition coefficient (Wildman–Crippen LogP) is 4.98. The number of rotatable bonds is 8. The molecule has 1 fully saturated rings. The molecular formula is C30H35N9O3. The lowest BCUT2D eigenvalue weighted by Crippen LogP contribution is -2.35. The van der Waals surface area contributed by atoms with E-state index in [1.807, 2.05) is 45.0 Å². The molecule has 12 nitrogen and oxygen atoms in total. The van der Waals surface area contributed by atoms with Gasteiger partial charge in [-0.1, -0.05) is 50.2 Å². The van der Waals surface area contributed by atoms with Crippen LogP contribution in [-0.2, 0) is 16.7 Å². The number of anilines is 5. The number of ether oxygens (including phenoxy) is 1. The number of amides is 2. The topological polar surface area (TPSA) is 167 Å². The van der Waals surface area contributed by atoms with Gasteiger partial charge in [-0.3, -0.25) is 15.6 Å². The Kier molecular flexibility index (Phi) is 8.46. The summed E-state index contributed by atoms with van der Waals surface area (Å²) in [6, 6.07) is 16.2. The molecule has 6 N–H and O–H groups in total. The molecule has 4 aromatic rings. The Balaban J connectivity index is 1.23. The van der Waals surface area contributed by atoms with E-state index in [1.54, 1.807) is 30.3 Å². The molecule has 0 spiro atoms. The van der Waals surface area contributed by atoms with Crippen LogP contribution in [0.25, 0.3) is 0 Å². The van der Waals surface area contributed by atoms with Crippen molar-refractivity contribution >= 4 is 40.6 Å². The number of benzene rings is 2. The van der Waals surface area contributed by atoms with Crippen molar-refractivity contribution in [2.45, 2.75) is 32.7 Å². The minimum absolute atomic E-state index is 0.201. The van der Waals surface area contributed by atoms with Gasteiger partial charge < -0.3 is 25.6 Å². The summed E-state index contributed by atoms with van der Waals surface area (Å²) in [6.07, 6.45) is 1.36. The van der Waals surface area contributed by atoms with Gasteiger partial charge in [0.25, 0.3) is 0 Å². The number of aromatic nitrogens is 3. The fraction of sp³-hybridized carbons (Fsp3) is 0.300. The smallest absolute Gasteiger partial charge is 0.324 e. The van der Waals surface area contributed by atoms with Crippen LogP contribution in [0.2, 0.25) is 0 Å². The summed E-state index contributed by atoms with van der Waals surface area (Å²) in [5.41, 5.74) is 9.76. The molecule has 5 rings (SSSR count). The number of carbonyl (C=O) groups excluding carboxylic acids is 1. The van der Waals surface area contributed by atoms with Gasteiger partial charge in [0.15, 0.2) is 5.82 Å². The average Bonchev–Trinajstić information content (AvgIpc) is 3.44. The summed E-state index contributed by atoms with van der Waals surface area (Å²) in [6.45, 7) is 10.2. The van der Waals surface area contributed by atoms with E-state index in [-0.39, 0.29) is 16.9 Å².